The van der Waals surface area contributed by atoms with Gasteiger partial charge < -0.3 is 36.7 Å². The summed E-state index contributed by atoms with van der Waals surface area (Å²) in [6.07, 6.45) is 1.23. The number of aromatic nitrogens is 2. The van der Waals surface area contributed by atoms with Crippen LogP contribution in [0.4, 0.5) is 4.79 Å². The highest BCUT2D eigenvalue weighted by Gasteiger charge is 2.30. The van der Waals surface area contributed by atoms with E-state index in [-0.39, 0.29) is 18.2 Å². The molecular weight excluding hydrogens is 360 g/mol. The molecule has 0 bridgehead atoms. The number of nitrogens with one attached hydrogen (secondary N) is 2. The number of rotatable bonds is 10. The van der Waals surface area contributed by atoms with E-state index in [1.54, 1.807) is 0 Å². The summed E-state index contributed by atoms with van der Waals surface area (Å²) in [5.74, 6) is -1.52. The van der Waals surface area contributed by atoms with Crippen molar-refractivity contribution < 1.29 is 29.0 Å². The van der Waals surface area contributed by atoms with E-state index in [2.05, 4.69) is 20.8 Å². The van der Waals surface area contributed by atoms with E-state index < -0.39 is 42.1 Å². The highest BCUT2D eigenvalue weighted by atomic mass is 16.4. The van der Waals surface area contributed by atoms with E-state index in [1.807, 2.05) is 0 Å². The van der Waals surface area contributed by atoms with Gasteiger partial charge in [0, 0.05) is 0 Å². The molecule has 2 rings (SSSR count). The Morgan fingerprint density at radius 2 is 1.89 bits per heavy atom. The zero-order valence-electron chi connectivity index (χ0n) is 14.8. The summed E-state index contributed by atoms with van der Waals surface area (Å²) < 4.78 is 5.47. The Morgan fingerprint density at radius 3 is 2.41 bits per heavy atom. The predicted octanol–water partition coefficient (Wildman–Crippen LogP) is -1.08. The van der Waals surface area contributed by atoms with Crippen LogP contribution in [0, 0.1) is 5.92 Å². The number of carboxylic acids is 1. The number of carbonyl (C=O) groups excluding carboxylic acids is 2. The third kappa shape index (κ3) is 6.18. The summed E-state index contributed by atoms with van der Waals surface area (Å²) in [4.78, 5) is 34.4. The first-order valence-corrected chi connectivity index (χ1v) is 8.52. The molecule has 12 heteroatoms. The molecule has 1 saturated carbocycles. The quantitative estimate of drug-likeness (QED) is 0.289. The lowest BCUT2D eigenvalue weighted by molar-refractivity contribution is -0.141. The van der Waals surface area contributed by atoms with Gasteiger partial charge in [0.1, 0.15) is 6.04 Å². The number of nitrogens with two attached hydrogens (primary N) is 2. The lowest BCUT2D eigenvalue weighted by atomic mass is 10.1. The number of carboxylic acid groups (broad SMARTS) is 1. The van der Waals surface area contributed by atoms with Crippen molar-refractivity contribution in [3.05, 3.63) is 11.8 Å². The van der Waals surface area contributed by atoms with E-state index in [1.165, 1.54) is 6.92 Å². The van der Waals surface area contributed by atoms with E-state index in [4.69, 9.17) is 21.0 Å². The molecule has 8 N–H and O–H groups in total. The fraction of sp³-hybridized carbons (Fsp3) is 0.667. The van der Waals surface area contributed by atoms with Gasteiger partial charge in [-0.25, -0.2) is 9.59 Å². The topological polar surface area (TPSA) is 207 Å². The van der Waals surface area contributed by atoms with Crippen molar-refractivity contribution in [1.29, 1.82) is 0 Å². The molecule has 3 amide bonds. The molecule has 2 unspecified atom stereocenters. The van der Waals surface area contributed by atoms with Crippen LogP contribution >= 0.6 is 0 Å². The Balaban J connectivity index is 2.05. The number of aliphatic hydroxyl groups is 1. The number of aliphatic hydroxyl groups excluding tert-OH is 1. The van der Waals surface area contributed by atoms with Crippen LogP contribution in [0.1, 0.15) is 56.5 Å². The van der Waals surface area contributed by atoms with Crippen molar-refractivity contribution in [2.75, 3.05) is 0 Å². The number of carbonyl (C=O) groups is 3. The van der Waals surface area contributed by atoms with E-state index in [0.29, 0.717) is 12.3 Å². The van der Waals surface area contributed by atoms with Gasteiger partial charge in [0.25, 0.3) is 0 Å². The molecule has 1 aromatic rings. The molecule has 0 spiro atoms. The van der Waals surface area contributed by atoms with Gasteiger partial charge in [-0.1, -0.05) is 12.8 Å². The van der Waals surface area contributed by atoms with Crippen LogP contribution in [-0.4, -0.2) is 50.5 Å². The summed E-state index contributed by atoms with van der Waals surface area (Å²) >= 11 is 0. The number of hydrogen-bond donors (Lipinski definition) is 6. The largest absolute Gasteiger partial charge is 0.480 e. The number of aliphatic carboxylic acids is 1. The molecule has 150 valence electrons. The van der Waals surface area contributed by atoms with Gasteiger partial charge in [0.15, 0.2) is 6.04 Å². The summed E-state index contributed by atoms with van der Waals surface area (Å²) in [5, 5.41) is 30.5. The molecule has 1 aliphatic carbocycles. The van der Waals surface area contributed by atoms with E-state index >= 15 is 0 Å². The van der Waals surface area contributed by atoms with Crippen LogP contribution in [0.5, 0.6) is 0 Å². The lowest BCUT2D eigenvalue weighted by Gasteiger charge is -2.19. The fourth-order valence-corrected chi connectivity index (χ4v) is 2.48. The maximum atomic E-state index is 12.1. The summed E-state index contributed by atoms with van der Waals surface area (Å²) in [6, 6.07) is -4.00. The second-order valence-electron chi connectivity index (χ2n) is 6.66. The van der Waals surface area contributed by atoms with Crippen molar-refractivity contribution in [2.24, 2.45) is 17.4 Å². The Morgan fingerprint density at radius 1 is 1.26 bits per heavy atom. The molecule has 1 heterocycles. The molecule has 27 heavy (non-hydrogen) atoms. The Bertz CT molecular complexity index is 688. The zero-order valence-corrected chi connectivity index (χ0v) is 14.8. The minimum absolute atomic E-state index is 0.0749. The molecule has 1 aliphatic rings. The number of hydrogen-bond acceptors (Lipinski definition) is 8. The molecule has 12 nitrogen and oxygen atoms in total. The normalized spacial score (nSPS) is 18.2. The molecule has 4 atom stereocenters. The van der Waals surface area contributed by atoms with Crippen LogP contribution in [0.15, 0.2) is 4.42 Å². The zero-order chi connectivity index (χ0) is 20.1. The molecule has 0 aliphatic heterocycles. The number of nitrogens with zero attached hydrogens (tertiary/aromatic N) is 2. The van der Waals surface area contributed by atoms with Gasteiger partial charge in [-0.05, 0) is 19.3 Å². The van der Waals surface area contributed by atoms with E-state index in [9.17, 15) is 19.5 Å². The average molecular weight is 384 g/mol. The van der Waals surface area contributed by atoms with Gasteiger partial charge in [-0.2, -0.15) is 0 Å². The molecular formula is C15H24N6O6. The highest BCUT2D eigenvalue weighted by molar-refractivity contribution is 5.83. The third-order valence-corrected chi connectivity index (χ3v) is 4.10. The summed E-state index contributed by atoms with van der Waals surface area (Å²) in [5.41, 5.74) is 11.2. The first-order chi connectivity index (χ1) is 12.7. The van der Waals surface area contributed by atoms with Gasteiger partial charge in [0.05, 0.1) is 18.6 Å². The van der Waals surface area contributed by atoms with Gasteiger partial charge in [0.2, 0.25) is 17.7 Å². The molecule has 1 fully saturated rings. The van der Waals surface area contributed by atoms with E-state index in [0.717, 1.165) is 12.8 Å². The predicted molar refractivity (Wildman–Crippen MR) is 89.9 cm³/mol. The molecule has 0 aromatic carbocycles. The monoisotopic (exact) mass is 384 g/mol. The number of primary amides is 1. The van der Waals surface area contributed by atoms with Gasteiger partial charge >= 0.3 is 12.0 Å². The maximum Gasteiger partial charge on any atom is 0.328 e. The van der Waals surface area contributed by atoms with Crippen LogP contribution in [0.3, 0.4) is 0 Å². The minimum Gasteiger partial charge on any atom is -0.480 e. The maximum absolute atomic E-state index is 12.1. The van der Waals surface area contributed by atoms with Gasteiger partial charge in [-0.3, -0.25) is 4.79 Å². The standard InChI is InChI=1S/C15H24N6O6/c1-6(22)11(14(24)25)19-15(26)18-9(5-10(17)23)13-21-20-12(27-13)8(16)4-7-2-3-7/h6-9,11,22H,2-5,16H2,1H3,(H2,17,23)(H,24,25)(H2,18,19,26)/t6?,8-,9+,11?/m1/s1. The van der Waals surface area contributed by atoms with Crippen molar-refractivity contribution in [1.82, 2.24) is 20.8 Å². The highest BCUT2D eigenvalue weighted by Crippen LogP contribution is 2.36. The Labute approximate surface area is 154 Å². The SMILES string of the molecule is CC(O)C(NC(=O)N[C@@H](CC(N)=O)c1nnc([C@H](N)CC2CC2)o1)C(=O)O. The smallest absolute Gasteiger partial charge is 0.328 e. The lowest BCUT2D eigenvalue weighted by Crippen LogP contribution is -2.52. The van der Waals surface area contributed by atoms with Crippen LogP contribution < -0.4 is 22.1 Å². The Kier molecular flexibility index (Phi) is 6.69. The third-order valence-electron chi connectivity index (χ3n) is 4.10. The fourth-order valence-electron chi connectivity index (χ4n) is 2.48. The summed E-state index contributed by atoms with van der Waals surface area (Å²) in [7, 11) is 0. The molecule has 0 saturated heterocycles. The van der Waals surface area contributed by atoms with Crippen LogP contribution in [0.2, 0.25) is 0 Å². The van der Waals surface area contributed by atoms with Crippen molar-refractivity contribution in [3.8, 4) is 0 Å². The summed E-state index contributed by atoms with van der Waals surface area (Å²) in [6.45, 7) is 1.21. The first kappa shape index (κ1) is 20.6. The molecule has 1 aromatic heterocycles. The molecule has 0 radical (unpaired) electrons. The second-order valence-corrected chi connectivity index (χ2v) is 6.66. The number of amides is 3. The second kappa shape index (κ2) is 8.77. The van der Waals surface area contributed by atoms with Crippen LogP contribution in [-0.2, 0) is 9.59 Å². The number of urea groups is 1. The van der Waals surface area contributed by atoms with Crippen molar-refractivity contribution in [3.63, 3.8) is 0 Å². The van der Waals surface area contributed by atoms with Crippen molar-refractivity contribution >= 4 is 17.9 Å². The minimum atomic E-state index is -1.54. The Hall–Kier alpha value is -2.73. The average Bonchev–Trinajstić information content (AvgIpc) is 3.23. The van der Waals surface area contributed by atoms with Gasteiger partial charge in [-0.15, -0.1) is 10.2 Å². The van der Waals surface area contributed by atoms with Crippen LogP contribution in [0.25, 0.3) is 0 Å². The first-order valence-electron chi connectivity index (χ1n) is 8.52. The van der Waals surface area contributed by atoms with Crippen molar-refractivity contribution in [2.45, 2.75) is 56.8 Å².